The van der Waals surface area contributed by atoms with Gasteiger partial charge in [0, 0.05) is 10.9 Å². The molecule has 0 spiro atoms. The highest BCUT2D eigenvalue weighted by molar-refractivity contribution is 5.84. The lowest BCUT2D eigenvalue weighted by atomic mass is 9.96. The van der Waals surface area contributed by atoms with Gasteiger partial charge in [0.05, 0.1) is 0 Å². The first kappa shape index (κ1) is 24.6. The average Bonchev–Trinajstić information content (AvgIpc) is 2.84. The predicted octanol–water partition coefficient (Wildman–Crippen LogP) is 8.22. The van der Waals surface area contributed by atoms with E-state index in [0.29, 0.717) is 59.6 Å². The SMILES string of the molecule is C=CCCc1cc(F)c(CCc2ccc3c(F)c(CCc4ccc(F)c(F)c4)ccc3c2)c(F)c1. The first-order valence-electron chi connectivity index (χ1n) is 11.6. The molecule has 0 N–H and O–H groups in total. The second-order valence-electron chi connectivity index (χ2n) is 8.71. The Hall–Kier alpha value is -3.47. The first-order chi connectivity index (χ1) is 16.9. The summed E-state index contributed by atoms with van der Waals surface area (Å²) in [6, 6.07) is 15.2. The minimum atomic E-state index is -0.919. The summed E-state index contributed by atoms with van der Waals surface area (Å²) in [6.07, 6.45) is 4.23. The zero-order valence-electron chi connectivity index (χ0n) is 19.2. The molecule has 0 amide bonds. The van der Waals surface area contributed by atoms with Crippen LogP contribution in [0.25, 0.3) is 10.8 Å². The molecule has 0 fully saturated rings. The normalized spacial score (nSPS) is 11.2. The lowest BCUT2D eigenvalue weighted by Crippen LogP contribution is -2.01. The quantitative estimate of drug-likeness (QED) is 0.167. The Morgan fingerprint density at radius 2 is 1.23 bits per heavy atom. The van der Waals surface area contributed by atoms with Crippen LogP contribution >= 0.6 is 0 Å². The van der Waals surface area contributed by atoms with E-state index in [1.165, 1.54) is 18.2 Å². The molecule has 0 atom stereocenters. The van der Waals surface area contributed by atoms with Crippen LogP contribution in [0, 0.1) is 29.1 Å². The van der Waals surface area contributed by atoms with E-state index < -0.39 is 23.3 Å². The van der Waals surface area contributed by atoms with Crippen LogP contribution in [0.5, 0.6) is 0 Å². The Morgan fingerprint density at radius 3 is 1.94 bits per heavy atom. The van der Waals surface area contributed by atoms with E-state index in [1.54, 1.807) is 30.3 Å². The van der Waals surface area contributed by atoms with Gasteiger partial charge in [0.2, 0.25) is 0 Å². The first-order valence-corrected chi connectivity index (χ1v) is 11.6. The van der Waals surface area contributed by atoms with Crippen molar-refractivity contribution in [3.63, 3.8) is 0 Å². The van der Waals surface area contributed by atoms with Gasteiger partial charge in [-0.05, 0) is 90.4 Å². The van der Waals surface area contributed by atoms with Crippen molar-refractivity contribution >= 4 is 10.8 Å². The molecule has 0 radical (unpaired) electrons. The molecule has 35 heavy (non-hydrogen) atoms. The van der Waals surface area contributed by atoms with Crippen LogP contribution in [0.15, 0.2) is 73.3 Å². The Morgan fingerprint density at radius 1 is 0.571 bits per heavy atom. The lowest BCUT2D eigenvalue weighted by Gasteiger charge is -2.10. The van der Waals surface area contributed by atoms with E-state index in [9.17, 15) is 17.6 Å². The molecular formula is C30H25F5. The third-order valence-corrected chi connectivity index (χ3v) is 6.27. The third kappa shape index (κ3) is 5.79. The zero-order chi connectivity index (χ0) is 24.9. The molecule has 0 aromatic heterocycles. The van der Waals surface area contributed by atoms with E-state index in [4.69, 9.17) is 0 Å². The maximum atomic E-state index is 15.1. The zero-order valence-corrected chi connectivity index (χ0v) is 19.2. The Bertz CT molecular complexity index is 1350. The average molecular weight is 481 g/mol. The van der Waals surface area contributed by atoms with Crippen molar-refractivity contribution in [1.29, 1.82) is 0 Å². The van der Waals surface area contributed by atoms with Gasteiger partial charge in [-0.1, -0.05) is 42.5 Å². The molecule has 0 unspecified atom stereocenters. The van der Waals surface area contributed by atoms with Gasteiger partial charge in [-0.25, -0.2) is 22.0 Å². The summed E-state index contributed by atoms with van der Waals surface area (Å²) in [6.45, 7) is 3.63. The fourth-order valence-corrected chi connectivity index (χ4v) is 4.29. The van der Waals surface area contributed by atoms with Crippen molar-refractivity contribution in [3.8, 4) is 0 Å². The number of hydrogen-bond donors (Lipinski definition) is 0. The minimum absolute atomic E-state index is 0.0474. The Kier molecular flexibility index (Phi) is 7.64. The summed E-state index contributed by atoms with van der Waals surface area (Å²) < 4.78 is 70.6. The number of halogens is 5. The number of allylic oxidation sites excluding steroid dienone is 1. The van der Waals surface area contributed by atoms with E-state index >= 15 is 4.39 Å². The fourth-order valence-electron chi connectivity index (χ4n) is 4.29. The molecule has 4 aromatic rings. The van der Waals surface area contributed by atoms with Gasteiger partial charge in [0.25, 0.3) is 0 Å². The summed E-state index contributed by atoms with van der Waals surface area (Å²) in [5.41, 5.74) is 2.57. The molecule has 0 bridgehead atoms. The summed E-state index contributed by atoms with van der Waals surface area (Å²) in [5, 5.41) is 1.14. The lowest BCUT2D eigenvalue weighted by molar-refractivity contribution is 0.507. The van der Waals surface area contributed by atoms with E-state index in [-0.39, 0.29) is 17.8 Å². The van der Waals surface area contributed by atoms with Gasteiger partial charge >= 0.3 is 0 Å². The third-order valence-electron chi connectivity index (χ3n) is 6.27. The predicted molar refractivity (Wildman–Crippen MR) is 130 cm³/mol. The summed E-state index contributed by atoms with van der Waals surface area (Å²) in [5.74, 6) is -3.29. The van der Waals surface area contributed by atoms with Crippen molar-refractivity contribution in [2.45, 2.75) is 38.5 Å². The summed E-state index contributed by atoms with van der Waals surface area (Å²) >= 11 is 0. The minimum Gasteiger partial charge on any atom is -0.207 e. The maximum absolute atomic E-state index is 15.1. The standard InChI is InChI=1S/C30H25F5/c1-2-3-4-21-17-27(32)25(28(33)18-21)13-7-19-6-12-24-23(15-19)11-10-22(30(24)35)9-5-20-8-14-26(31)29(34)16-20/h2,6,8,10-12,14-18H,1,3-5,7,9,13H2. The summed E-state index contributed by atoms with van der Waals surface area (Å²) in [4.78, 5) is 0. The molecule has 0 aliphatic heterocycles. The van der Waals surface area contributed by atoms with E-state index in [1.807, 2.05) is 6.07 Å². The fraction of sp³-hybridized carbons (Fsp3) is 0.200. The molecule has 5 heteroatoms. The monoisotopic (exact) mass is 480 g/mol. The molecule has 0 aliphatic rings. The smallest absolute Gasteiger partial charge is 0.159 e. The molecular weight excluding hydrogens is 455 g/mol. The summed E-state index contributed by atoms with van der Waals surface area (Å²) in [7, 11) is 0. The van der Waals surface area contributed by atoms with Gasteiger partial charge in [-0.2, -0.15) is 0 Å². The van der Waals surface area contributed by atoms with Crippen LogP contribution in [0.2, 0.25) is 0 Å². The molecule has 0 nitrogen and oxygen atoms in total. The van der Waals surface area contributed by atoms with Crippen molar-refractivity contribution in [2.24, 2.45) is 0 Å². The van der Waals surface area contributed by atoms with Crippen molar-refractivity contribution in [1.82, 2.24) is 0 Å². The Balaban J connectivity index is 1.46. The van der Waals surface area contributed by atoms with Gasteiger partial charge in [-0.3, -0.25) is 0 Å². The maximum Gasteiger partial charge on any atom is 0.159 e. The highest BCUT2D eigenvalue weighted by Crippen LogP contribution is 2.25. The van der Waals surface area contributed by atoms with Crippen LogP contribution in [0.3, 0.4) is 0 Å². The highest BCUT2D eigenvalue weighted by atomic mass is 19.2. The van der Waals surface area contributed by atoms with Gasteiger partial charge in [-0.15, -0.1) is 6.58 Å². The van der Waals surface area contributed by atoms with Crippen LogP contribution in [-0.2, 0) is 32.1 Å². The molecule has 0 saturated heterocycles. The van der Waals surface area contributed by atoms with E-state index in [0.717, 1.165) is 17.7 Å². The molecule has 0 saturated carbocycles. The number of fused-ring (bicyclic) bond motifs is 1. The number of benzene rings is 4. The highest BCUT2D eigenvalue weighted by Gasteiger charge is 2.13. The van der Waals surface area contributed by atoms with E-state index in [2.05, 4.69) is 6.58 Å². The molecule has 4 rings (SSSR count). The van der Waals surface area contributed by atoms with Crippen LogP contribution in [0.1, 0.15) is 34.2 Å². The van der Waals surface area contributed by atoms with Gasteiger partial charge in [0.15, 0.2) is 11.6 Å². The number of rotatable bonds is 9. The van der Waals surface area contributed by atoms with Crippen LogP contribution in [0.4, 0.5) is 22.0 Å². The molecule has 4 aromatic carbocycles. The van der Waals surface area contributed by atoms with Crippen LogP contribution in [-0.4, -0.2) is 0 Å². The second kappa shape index (κ2) is 10.9. The van der Waals surface area contributed by atoms with Gasteiger partial charge in [0.1, 0.15) is 17.5 Å². The van der Waals surface area contributed by atoms with Crippen molar-refractivity contribution in [3.05, 3.63) is 130 Å². The number of hydrogen-bond acceptors (Lipinski definition) is 0. The number of aryl methyl sites for hydroxylation is 4. The Labute approximate surface area is 201 Å². The largest absolute Gasteiger partial charge is 0.207 e. The van der Waals surface area contributed by atoms with Crippen molar-refractivity contribution in [2.75, 3.05) is 0 Å². The molecule has 0 heterocycles. The topological polar surface area (TPSA) is 0 Å². The second-order valence-corrected chi connectivity index (χ2v) is 8.71. The van der Waals surface area contributed by atoms with Crippen molar-refractivity contribution < 1.29 is 22.0 Å². The molecule has 0 aliphatic carbocycles. The molecule has 180 valence electrons. The van der Waals surface area contributed by atoms with Crippen LogP contribution < -0.4 is 0 Å². The van der Waals surface area contributed by atoms with Gasteiger partial charge < -0.3 is 0 Å².